The molecule has 0 radical (unpaired) electrons. The third-order valence-corrected chi connectivity index (χ3v) is 6.33. The van der Waals surface area contributed by atoms with E-state index in [1.165, 1.54) is 5.69 Å². The van der Waals surface area contributed by atoms with Crippen molar-refractivity contribution in [1.29, 1.82) is 0 Å². The van der Waals surface area contributed by atoms with E-state index in [-0.39, 0.29) is 11.8 Å². The summed E-state index contributed by atoms with van der Waals surface area (Å²) >= 11 is 0. The van der Waals surface area contributed by atoms with Crippen LogP contribution in [-0.2, 0) is 9.59 Å². The van der Waals surface area contributed by atoms with Crippen molar-refractivity contribution >= 4 is 17.5 Å². The number of piperazine rings is 2. The fraction of sp³-hybridized carbons (Fsp3) is 0.636. The lowest BCUT2D eigenvalue weighted by Gasteiger charge is -2.42. The van der Waals surface area contributed by atoms with Gasteiger partial charge < -0.3 is 19.4 Å². The first-order valence-corrected chi connectivity index (χ1v) is 10.7. The van der Waals surface area contributed by atoms with Crippen LogP contribution in [0.15, 0.2) is 24.3 Å². The van der Waals surface area contributed by atoms with Crippen LogP contribution in [0.4, 0.5) is 5.69 Å². The van der Waals surface area contributed by atoms with Gasteiger partial charge in [0.15, 0.2) is 0 Å². The second-order valence-corrected chi connectivity index (χ2v) is 8.46. The molecule has 7 heteroatoms. The van der Waals surface area contributed by atoms with Crippen LogP contribution in [0.25, 0.3) is 0 Å². The highest BCUT2D eigenvalue weighted by Gasteiger charge is 2.35. The maximum Gasteiger partial charge on any atom is 0.236 e. The zero-order valence-corrected chi connectivity index (χ0v) is 17.5. The molecule has 1 aromatic rings. The first kappa shape index (κ1) is 20.0. The maximum atomic E-state index is 12.8. The molecule has 3 aliphatic rings. The van der Waals surface area contributed by atoms with Crippen molar-refractivity contribution in [3.63, 3.8) is 0 Å². The van der Waals surface area contributed by atoms with Gasteiger partial charge in [0.05, 0.1) is 13.7 Å². The third kappa shape index (κ3) is 4.66. The van der Waals surface area contributed by atoms with Gasteiger partial charge in [-0.3, -0.25) is 14.5 Å². The van der Waals surface area contributed by atoms with E-state index in [0.29, 0.717) is 44.7 Å². The van der Waals surface area contributed by atoms with Gasteiger partial charge in [-0.05, 0) is 31.9 Å². The highest BCUT2D eigenvalue weighted by atomic mass is 16.5. The number of rotatable bonds is 5. The van der Waals surface area contributed by atoms with E-state index in [0.717, 1.165) is 38.2 Å². The minimum Gasteiger partial charge on any atom is -0.497 e. The van der Waals surface area contributed by atoms with Crippen molar-refractivity contribution in [2.24, 2.45) is 5.92 Å². The number of hydrogen-bond donors (Lipinski definition) is 0. The Hall–Kier alpha value is -2.28. The van der Waals surface area contributed by atoms with Crippen molar-refractivity contribution < 1.29 is 14.3 Å². The molecule has 0 N–H and O–H groups in total. The highest BCUT2D eigenvalue weighted by molar-refractivity contribution is 5.82. The van der Waals surface area contributed by atoms with E-state index < -0.39 is 0 Å². The van der Waals surface area contributed by atoms with E-state index in [1.807, 2.05) is 21.9 Å². The van der Waals surface area contributed by atoms with Gasteiger partial charge in [-0.25, -0.2) is 0 Å². The Labute approximate surface area is 173 Å². The smallest absolute Gasteiger partial charge is 0.236 e. The van der Waals surface area contributed by atoms with E-state index in [9.17, 15) is 9.59 Å². The average molecular weight is 401 g/mol. The monoisotopic (exact) mass is 400 g/mol. The zero-order valence-electron chi connectivity index (χ0n) is 17.5. The van der Waals surface area contributed by atoms with Gasteiger partial charge in [0.1, 0.15) is 5.75 Å². The average Bonchev–Trinajstić information content (AvgIpc) is 3.59. The summed E-state index contributed by atoms with van der Waals surface area (Å²) in [6.45, 7) is 7.99. The van der Waals surface area contributed by atoms with Crippen molar-refractivity contribution in [1.82, 2.24) is 14.7 Å². The molecule has 0 aromatic heterocycles. The van der Waals surface area contributed by atoms with Crippen LogP contribution in [-0.4, -0.2) is 92.0 Å². The maximum absolute atomic E-state index is 12.8. The number of carbonyl (C=O) groups excluding carboxylic acids is 2. The standard InChI is InChI=1S/C22H32N4O3/c1-17-15-23(8-13-26(17)19-4-3-5-20(14-19)29-2)16-21(27)24-9-11-25(12-10-24)22(28)18-6-7-18/h3-5,14,17-18H,6-13,15-16H2,1-2H3/t17-/m1/s1. The molecule has 2 saturated heterocycles. The minimum atomic E-state index is 0.186. The quantitative estimate of drug-likeness (QED) is 0.746. The summed E-state index contributed by atoms with van der Waals surface area (Å²) in [4.78, 5) is 33.5. The first-order chi connectivity index (χ1) is 14.0. The van der Waals surface area contributed by atoms with E-state index >= 15 is 0 Å². The van der Waals surface area contributed by atoms with Crippen LogP contribution >= 0.6 is 0 Å². The number of carbonyl (C=O) groups is 2. The predicted octanol–water partition coefficient (Wildman–Crippen LogP) is 1.29. The summed E-state index contributed by atoms with van der Waals surface area (Å²) in [7, 11) is 1.69. The molecule has 7 nitrogen and oxygen atoms in total. The number of anilines is 1. The van der Waals surface area contributed by atoms with Gasteiger partial charge in [-0.15, -0.1) is 0 Å². The summed E-state index contributed by atoms with van der Waals surface area (Å²) in [6.07, 6.45) is 2.08. The molecular formula is C22H32N4O3. The lowest BCUT2D eigenvalue weighted by molar-refractivity contribution is -0.141. The number of methoxy groups -OCH3 is 1. The van der Waals surface area contributed by atoms with Crippen LogP contribution in [0.5, 0.6) is 5.75 Å². The number of benzene rings is 1. The predicted molar refractivity (Wildman–Crippen MR) is 112 cm³/mol. The SMILES string of the molecule is COc1cccc(N2CCN(CC(=O)N3CCN(C(=O)C4CC4)CC3)C[C@H]2C)c1. The van der Waals surface area contributed by atoms with Crippen LogP contribution in [0.2, 0.25) is 0 Å². The van der Waals surface area contributed by atoms with Gasteiger partial charge in [-0.2, -0.15) is 0 Å². The summed E-state index contributed by atoms with van der Waals surface area (Å²) in [6, 6.07) is 8.49. The largest absolute Gasteiger partial charge is 0.497 e. The van der Waals surface area contributed by atoms with E-state index in [2.05, 4.69) is 28.9 Å². The Kier molecular flexibility index (Phi) is 5.94. The lowest BCUT2D eigenvalue weighted by atomic mass is 10.1. The van der Waals surface area contributed by atoms with Crippen molar-refractivity contribution in [2.45, 2.75) is 25.8 Å². The molecular weight excluding hydrogens is 368 g/mol. The molecule has 1 aromatic carbocycles. The van der Waals surface area contributed by atoms with Gasteiger partial charge in [-0.1, -0.05) is 6.07 Å². The van der Waals surface area contributed by atoms with Crippen LogP contribution < -0.4 is 9.64 Å². The second kappa shape index (κ2) is 8.61. The molecule has 0 spiro atoms. The number of hydrogen-bond acceptors (Lipinski definition) is 5. The van der Waals surface area contributed by atoms with E-state index in [1.54, 1.807) is 7.11 Å². The summed E-state index contributed by atoms with van der Waals surface area (Å²) < 4.78 is 5.35. The molecule has 3 fully saturated rings. The first-order valence-electron chi connectivity index (χ1n) is 10.7. The molecule has 1 aliphatic carbocycles. The number of amides is 2. The summed E-state index contributed by atoms with van der Waals surface area (Å²) in [5.74, 6) is 1.61. The normalized spacial score (nSPS) is 23.2. The molecule has 0 bridgehead atoms. The van der Waals surface area contributed by atoms with Gasteiger partial charge in [0.25, 0.3) is 0 Å². The fourth-order valence-electron chi connectivity index (χ4n) is 4.41. The Morgan fingerprint density at radius 2 is 1.76 bits per heavy atom. The van der Waals surface area contributed by atoms with E-state index in [4.69, 9.17) is 4.74 Å². The molecule has 4 rings (SSSR count). The molecule has 2 heterocycles. The molecule has 0 unspecified atom stereocenters. The third-order valence-electron chi connectivity index (χ3n) is 6.33. The van der Waals surface area contributed by atoms with Crippen molar-refractivity contribution in [3.05, 3.63) is 24.3 Å². The second-order valence-electron chi connectivity index (χ2n) is 8.46. The van der Waals surface area contributed by atoms with Gasteiger partial charge in [0, 0.05) is 69.5 Å². The minimum absolute atomic E-state index is 0.186. The van der Waals surface area contributed by atoms with Crippen molar-refractivity contribution in [2.75, 3.05) is 64.4 Å². The lowest BCUT2D eigenvalue weighted by Crippen LogP contribution is -2.56. The zero-order chi connectivity index (χ0) is 20.4. The number of nitrogens with zero attached hydrogens (tertiary/aromatic N) is 4. The van der Waals surface area contributed by atoms with Gasteiger partial charge >= 0.3 is 0 Å². The van der Waals surface area contributed by atoms with Crippen LogP contribution in [0.1, 0.15) is 19.8 Å². The molecule has 1 atom stereocenters. The number of ether oxygens (including phenoxy) is 1. The molecule has 2 amide bonds. The Balaban J connectivity index is 1.25. The Morgan fingerprint density at radius 1 is 1.03 bits per heavy atom. The van der Waals surface area contributed by atoms with Crippen LogP contribution in [0.3, 0.4) is 0 Å². The van der Waals surface area contributed by atoms with Crippen LogP contribution in [0, 0.1) is 5.92 Å². The topological polar surface area (TPSA) is 56.3 Å². The molecule has 1 saturated carbocycles. The van der Waals surface area contributed by atoms with Crippen molar-refractivity contribution in [3.8, 4) is 5.75 Å². The fourth-order valence-corrected chi connectivity index (χ4v) is 4.41. The molecule has 2 aliphatic heterocycles. The van der Waals surface area contributed by atoms with Gasteiger partial charge in [0.2, 0.25) is 11.8 Å². The molecule has 29 heavy (non-hydrogen) atoms. The Morgan fingerprint density at radius 3 is 2.41 bits per heavy atom. The highest BCUT2D eigenvalue weighted by Crippen LogP contribution is 2.31. The summed E-state index contributed by atoms with van der Waals surface area (Å²) in [5.41, 5.74) is 1.17. The summed E-state index contributed by atoms with van der Waals surface area (Å²) in [5, 5.41) is 0. The Bertz CT molecular complexity index is 743. The molecule has 158 valence electrons.